The number of anilines is 1. The minimum Gasteiger partial charge on any atom is -0.385 e. The molecule has 3 rings (SSSR count). The molecule has 2 aromatic rings. The van der Waals surface area contributed by atoms with Gasteiger partial charge in [-0.15, -0.1) is 11.3 Å². The van der Waals surface area contributed by atoms with Crippen LogP contribution in [-0.4, -0.2) is 11.1 Å². The van der Waals surface area contributed by atoms with Crippen LogP contribution in [0.4, 0.5) is 5.69 Å². The van der Waals surface area contributed by atoms with E-state index in [1.54, 1.807) is 11.3 Å². The maximum atomic E-state index is 10.7. The fourth-order valence-corrected chi connectivity index (χ4v) is 3.93. The number of hydrogen-bond donors (Lipinski definition) is 2. The Balaban J connectivity index is 1.77. The fourth-order valence-electron chi connectivity index (χ4n) is 2.81. The van der Waals surface area contributed by atoms with Crippen LogP contribution in [-0.2, 0) is 11.8 Å². The van der Waals surface area contributed by atoms with Crippen LogP contribution in [0, 0.1) is 0 Å². The second-order valence-electron chi connectivity index (χ2n) is 6.84. The predicted octanol–water partition coefficient (Wildman–Crippen LogP) is 4.51. The van der Waals surface area contributed by atoms with Gasteiger partial charge in [0.05, 0.1) is 6.04 Å². The molecule has 1 aromatic carbocycles. The van der Waals surface area contributed by atoms with Gasteiger partial charge in [-0.3, -0.25) is 0 Å². The van der Waals surface area contributed by atoms with Crippen LogP contribution in [0.25, 0.3) is 0 Å². The Morgan fingerprint density at radius 1 is 1.19 bits per heavy atom. The van der Waals surface area contributed by atoms with E-state index in [0.717, 1.165) is 17.7 Å². The van der Waals surface area contributed by atoms with E-state index in [-0.39, 0.29) is 11.5 Å². The summed E-state index contributed by atoms with van der Waals surface area (Å²) in [6.45, 7) is 6.64. The van der Waals surface area contributed by atoms with Gasteiger partial charge in [0.2, 0.25) is 0 Å². The molecule has 2 atom stereocenters. The molecule has 2 nitrogen and oxygen atoms in total. The number of aliphatic hydroxyl groups is 1. The molecule has 0 radical (unpaired) electrons. The average molecular weight is 301 g/mol. The zero-order valence-electron chi connectivity index (χ0n) is 12.9. The average Bonchev–Trinajstić information content (AvgIpc) is 2.96. The van der Waals surface area contributed by atoms with E-state index in [1.165, 1.54) is 16.1 Å². The molecule has 0 amide bonds. The van der Waals surface area contributed by atoms with Gasteiger partial charge in [-0.05, 0) is 42.0 Å². The fraction of sp³-hybridized carbons (Fsp3) is 0.444. The van der Waals surface area contributed by atoms with Crippen molar-refractivity contribution in [1.29, 1.82) is 0 Å². The molecule has 21 heavy (non-hydrogen) atoms. The van der Waals surface area contributed by atoms with Gasteiger partial charge in [-0.1, -0.05) is 39.0 Å². The third-order valence-electron chi connectivity index (χ3n) is 4.12. The van der Waals surface area contributed by atoms with Gasteiger partial charge in [0.15, 0.2) is 0 Å². The van der Waals surface area contributed by atoms with Crippen LogP contribution in [0.1, 0.15) is 48.6 Å². The Morgan fingerprint density at radius 3 is 2.67 bits per heavy atom. The van der Waals surface area contributed by atoms with E-state index < -0.39 is 6.10 Å². The van der Waals surface area contributed by atoms with Gasteiger partial charge in [-0.25, -0.2) is 0 Å². The van der Waals surface area contributed by atoms with Crippen LogP contribution in [0.15, 0.2) is 36.4 Å². The Bertz CT molecular complexity index is 626. The molecule has 1 aliphatic rings. The summed E-state index contributed by atoms with van der Waals surface area (Å²) in [5.41, 5.74) is 2.66. The molecule has 0 fully saturated rings. The maximum Gasteiger partial charge on any atom is 0.108 e. The van der Waals surface area contributed by atoms with E-state index in [0.29, 0.717) is 0 Å². The molecule has 2 N–H and O–H groups in total. The first-order valence-electron chi connectivity index (χ1n) is 7.58. The topological polar surface area (TPSA) is 32.3 Å². The zero-order valence-corrected chi connectivity index (χ0v) is 13.7. The van der Waals surface area contributed by atoms with Crippen molar-refractivity contribution in [1.82, 2.24) is 0 Å². The van der Waals surface area contributed by atoms with Gasteiger partial charge in [0.1, 0.15) is 6.10 Å². The van der Waals surface area contributed by atoms with Crippen molar-refractivity contribution in [2.24, 2.45) is 0 Å². The molecule has 0 bridgehead atoms. The monoisotopic (exact) mass is 301 g/mol. The van der Waals surface area contributed by atoms with Crippen LogP contribution < -0.4 is 5.32 Å². The van der Waals surface area contributed by atoms with Crippen molar-refractivity contribution in [3.8, 4) is 0 Å². The number of benzene rings is 1. The summed E-state index contributed by atoms with van der Waals surface area (Å²) in [7, 11) is 0. The lowest BCUT2D eigenvalue weighted by Gasteiger charge is -2.30. The molecule has 1 aliphatic heterocycles. The normalized spacial score (nSPS) is 19.7. The quantitative estimate of drug-likeness (QED) is 0.855. The third-order valence-corrected chi connectivity index (χ3v) is 5.70. The minimum atomic E-state index is -0.431. The van der Waals surface area contributed by atoms with E-state index in [2.05, 4.69) is 56.4 Å². The van der Waals surface area contributed by atoms with Crippen molar-refractivity contribution < 1.29 is 5.11 Å². The molecule has 3 heteroatoms. The summed E-state index contributed by atoms with van der Waals surface area (Å²) in [6, 6.07) is 12.7. The first-order chi connectivity index (χ1) is 9.95. The number of aliphatic hydroxyl groups excluding tert-OH is 1. The summed E-state index contributed by atoms with van der Waals surface area (Å²) < 4.78 is 0. The predicted molar refractivity (Wildman–Crippen MR) is 90.2 cm³/mol. The smallest absolute Gasteiger partial charge is 0.108 e. The SMILES string of the molecule is CC(C)(C)c1ccc(C(O)C2CCc3ccccc3N2)s1. The number of para-hydroxylation sites is 1. The van der Waals surface area contributed by atoms with Gasteiger partial charge in [0, 0.05) is 15.4 Å². The first kappa shape index (κ1) is 14.6. The van der Waals surface area contributed by atoms with Gasteiger partial charge < -0.3 is 10.4 Å². The first-order valence-corrected chi connectivity index (χ1v) is 8.39. The second-order valence-corrected chi connectivity index (χ2v) is 7.96. The van der Waals surface area contributed by atoms with Crippen LogP contribution in [0.2, 0.25) is 0 Å². The lowest BCUT2D eigenvalue weighted by Crippen LogP contribution is -2.31. The Labute approximate surface area is 130 Å². The summed E-state index contributed by atoms with van der Waals surface area (Å²) in [6.07, 6.45) is 1.57. The van der Waals surface area contributed by atoms with E-state index >= 15 is 0 Å². The zero-order chi connectivity index (χ0) is 15.0. The highest BCUT2D eigenvalue weighted by Crippen LogP contribution is 2.36. The van der Waals surface area contributed by atoms with Crippen LogP contribution in [0.5, 0.6) is 0 Å². The molecule has 2 heterocycles. The Morgan fingerprint density at radius 2 is 1.95 bits per heavy atom. The van der Waals surface area contributed by atoms with Crippen molar-refractivity contribution in [3.63, 3.8) is 0 Å². The van der Waals surface area contributed by atoms with Crippen LogP contribution in [0.3, 0.4) is 0 Å². The highest BCUT2D eigenvalue weighted by molar-refractivity contribution is 7.12. The van der Waals surface area contributed by atoms with Crippen molar-refractivity contribution in [2.45, 2.75) is 51.2 Å². The summed E-state index contributed by atoms with van der Waals surface area (Å²) in [5, 5.41) is 14.2. The van der Waals surface area contributed by atoms with E-state index in [4.69, 9.17) is 0 Å². The molecule has 2 unspecified atom stereocenters. The van der Waals surface area contributed by atoms with Crippen molar-refractivity contribution in [2.75, 3.05) is 5.32 Å². The third kappa shape index (κ3) is 2.99. The Kier molecular flexibility index (Phi) is 3.80. The van der Waals surface area contributed by atoms with Gasteiger partial charge >= 0.3 is 0 Å². The largest absolute Gasteiger partial charge is 0.385 e. The number of nitrogens with one attached hydrogen (secondary N) is 1. The number of aryl methyl sites for hydroxylation is 1. The maximum absolute atomic E-state index is 10.7. The van der Waals surface area contributed by atoms with Crippen molar-refractivity contribution >= 4 is 17.0 Å². The molecular formula is C18H23NOS. The number of fused-ring (bicyclic) bond motifs is 1. The molecule has 0 saturated carbocycles. The highest BCUT2D eigenvalue weighted by atomic mass is 32.1. The molecule has 0 aliphatic carbocycles. The summed E-state index contributed by atoms with van der Waals surface area (Å²) in [5.74, 6) is 0. The highest BCUT2D eigenvalue weighted by Gasteiger charge is 2.27. The molecular weight excluding hydrogens is 278 g/mol. The Hall–Kier alpha value is -1.32. The van der Waals surface area contributed by atoms with E-state index in [9.17, 15) is 5.11 Å². The number of hydrogen-bond acceptors (Lipinski definition) is 3. The standard InChI is InChI=1S/C18H23NOS/c1-18(2,3)16-11-10-15(21-16)17(20)14-9-8-12-6-4-5-7-13(12)19-14/h4-7,10-11,14,17,19-20H,8-9H2,1-3H3. The van der Waals surface area contributed by atoms with Gasteiger partial charge in [-0.2, -0.15) is 0 Å². The van der Waals surface area contributed by atoms with E-state index in [1.807, 2.05) is 6.07 Å². The number of thiophene rings is 1. The van der Waals surface area contributed by atoms with Crippen LogP contribution >= 0.6 is 11.3 Å². The molecule has 112 valence electrons. The van der Waals surface area contributed by atoms with Crippen molar-refractivity contribution in [3.05, 3.63) is 51.7 Å². The van der Waals surface area contributed by atoms with Gasteiger partial charge in [0.25, 0.3) is 0 Å². The minimum absolute atomic E-state index is 0.103. The summed E-state index contributed by atoms with van der Waals surface area (Å²) in [4.78, 5) is 2.39. The molecule has 1 aromatic heterocycles. The number of rotatable bonds is 2. The lowest BCUT2D eigenvalue weighted by atomic mass is 9.93. The summed E-state index contributed by atoms with van der Waals surface area (Å²) >= 11 is 1.73. The lowest BCUT2D eigenvalue weighted by molar-refractivity contribution is 0.152. The second kappa shape index (κ2) is 5.47. The molecule has 0 saturated heterocycles. The molecule has 0 spiro atoms.